The summed E-state index contributed by atoms with van der Waals surface area (Å²) in [6.07, 6.45) is 7.90. The molecule has 3 aromatic heterocycles. The number of fused-ring (bicyclic) bond motifs is 7. The predicted octanol–water partition coefficient (Wildman–Crippen LogP) is 11.1. The molecule has 4 nitrogen and oxygen atoms in total. The lowest BCUT2D eigenvalue weighted by molar-refractivity contribution is -0.00938. The second kappa shape index (κ2) is 10.1. The fourth-order valence-electron chi connectivity index (χ4n) is 10.1. The maximum absolute atomic E-state index is 5.35. The van der Waals surface area contributed by atoms with Crippen LogP contribution in [0.3, 0.4) is 0 Å². The third-order valence-corrected chi connectivity index (χ3v) is 12.9. The molecule has 4 fully saturated rings. The SMILES string of the molecule is c1ccc(-c2nc(-c3ccc(-n4c5ccccc5c5ccc6sc7ccccc7c6c54)cc3)nc(C34CC5CC(CC(C5)C3)C4)n2)cc1. The molecule has 0 saturated heterocycles. The van der Waals surface area contributed by atoms with Crippen molar-refractivity contribution in [3.8, 4) is 28.5 Å². The molecule has 5 heteroatoms. The van der Waals surface area contributed by atoms with E-state index in [-0.39, 0.29) is 5.41 Å². The summed E-state index contributed by atoms with van der Waals surface area (Å²) in [5.41, 5.74) is 5.82. The summed E-state index contributed by atoms with van der Waals surface area (Å²) in [6, 6.07) is 41.6. The average Bonchev–Trinajstić information content (AvgIpc) is 3.67. The predicted molar refractivity (Wildman–Crippen MR) is 198 cm³/mol. The highest BCUT2D eigenvalue weighted by molar-refractivity contribution is 7.26. The highest BCUT2D eigenvalue weighted by Crippen LogP contribution is 2.60. The van der Waals surface area contributed by atoms with Crippen molar-refractivity contribution in [2.45, 2.75) is 43.9 Å². The molecule has 5 aromatic carbocycles. The highest BCUT2D eigenvalue weighted by atomic mass is 32.1. The van der Waals surface area contributed by atoms with Crippen LogP contribution in [0.25, 0.3) is 70.4 Å². The van der Waals surface area contributed by atoms with Gasteiger partial charge in [-0.15, -0.1) is 11.3 Å². The first-order valence-electron chi connectivity index (χ1n) is 17.5. The standard InChI is InChI=1S/C43H34N4S/c1-2-8-29(9-3-1)40-44-41(46-42(45-40)43-23-26-20-27(24-43)22-28(21-26)25-43)30-14-16-31(17-15-30)47-35-12-6-4-10-32(35)33-18-19-37-38(39(33)47)34-11-5-7-13-36(34)48-37/h1-19,26-28H,20-25H2. The van der Waals surface area contributed by atoms with Crippen LogP contribution in [0.5, 0.6) is 0 Å². The molecule has 4 aliphatic rings. The zero-order valence-corrected chi connectivity index (χ0v) is 27.5. The van der Waals surface area contributed by atoms with E-state index in [2.05, 4.69) is 120 Å². The fourth-order valence-corrected chi connectivity index (χ4v) is 11.2. The number of para-hydroxylation sites is 1. The lowest BCUT2D eigenvalue weighted by Gasteiger charge is -2.56. The van der Waals surface area contributed by atoms with Crippen LogP contribution in [-0.4, -0.2) is 19.5 Å². The minimum atomic E-state index is 0.0908. The van der Waals surface area contributed by atoms with E-state index in [1.54, 1.807) is 0 Å². The molecular weight excluding hydrogens is 605 g/mol. The van der Waals surface area contributed by atoms with Gasteiger partial charge in [0.2, 0.25) is 0 Å². The third kappa shape index (κ3) is 3.97. The first kappa shape index (κ1) is 27.1. The molecule has 4 saturated carbocycles. The van der Waals surface area contributed by atoms with Gasteiger partial charge in [-0.25, -0.2) is 15.0 Å². The van der Waals surface area contributed by atoms with E-state index in [4.69, 9.17) is 15.0 Å². The number of rotatable bonds is 4. The van der Waals surface area contributed by atoms with Crippen LogP contribution in [0, 0.1) is 17.8 Å². The minimum absolute atomic E-state index is 0.0908. The van der Waals surface area contributed by atoms with Crippen LogP contribution in [0.1, 0.15) is 44.3 Å². The number of benzene rings is 5. The van der Waals surface area contributed by atoms with Crippen LogP contribution >= 0.6 is 11.3 Å². The normalized spacial score (nSPS) is 23.2. The van der Waals surface area contributed by atoms with Crippen LogP contribution < -0.4 is 0 Å². The van der Waals surface area contributed by atoms with Crippen molar-refractivity contribution in [1.82, 2.24) is 19.5 Å². The van der Waals surface area contributed by atoms with Crippen molar-refractivity contribution >= 4 is 53.3 Å². The van der Waals surface area contributed by atoms with Crippen molar-refractivity contribution in [1.29, 1.82) is 0 Å². The third-order valence-electron chi connectivity index (χ3n) is 11.7. The van der Waals surface area contributed by atoms with Gasteiger partial charge >= 0.3 is 0 Å². The molecule has 0 aliphatic heterocycles. The Morgan fingerprint density at radius 3 is 1.90 bits per heavy atom. The van der Waals surface area contributed by atoms with E-state index in [9.17, 15) is 0 Å². The molecule has 0 radical (unpaired) electrons. The van der Waals surface area contributed by atoms with Crippen molar-refractivity contribution in [2.75, 3.05) is 0 Å². The molecule has 0 unspecified atom stereocenters. The molecule has 12 rings (SSSR count). The molecule has 48 heavy (non-hydrogen) atoms. The summed E-state index contributed by atoms with van der Waals surface area (Å²) in [7, 11) is 0. The lowest BCUT2D eigenvalue weighted by atomic mass is 9.49. The summed E-state index contributed by atoms with van der Waals surface area (Å²) in [6.45, 7) is 0. The van der Waals surface area contributed by atoms with Gasteiger partial charge in [-0.3, -0.25) is 0 Å². The van der Waals surface area contributed by atoms with E-state index in [1.165, 1.54) is 80.5 Å². The molecule has 3 heterocycles. The van der Waals surface area contributed by atoms with Gasteiger partial charge in [0.1, 0.15) is 5.82 Å². The van der Waals surface area contributed by atoms with E-state index in [0.29, 0.717) is 0 Å². The van der Waals surface area contributed by atoms with Gasteiger partial charge in [0.15, 0.2) is 11.6 Å². The zero-order chi connectivity index (χ0) is 31.4. The van der Waals surface area contributed by atoms with Crippen molar-refractivity contribution in [3.63, 3.8) is 0 Å². The quantitative estimate of drug-likeness (QED) is 0.193. The van der Waals surface area contributed by atoms with Gasteiger partial charge in [-0.05, 0) is 98.7 Å². The molecular formula is C43H34N4S. The second-order valence-electron chi connectivity index (χ2n) is 14.7. The Labute approximate surface area is 283 Å². The van der Waals surface area contributed by atoms with Gasteiger partial charge in [0.05, 0.1) is 11.0 Å². The Balaban J connectivity index is 1.09. The molecule has 0 spiro atoms. The van der Waals surface area contributed by atoms with Crippen LogP contribution in [-0.2, 0) is 5.41 Å². The van der Waals surface area contributed by atoms with Crippen LogP contribution in [0.15, 0.2) is 115 Å². The summed E-state index contributed by atoms with van der Waals surface area (Å²) >= 11 is 1.88. The smallest absolute Gasteiger partial charge is 0.163 e. The fraction of sp³-hybridized carbons (Fsp3) is 0.233. The molecule has 8 aromatic rings. The number of hydrogen-bond acceptors (Lipinski definition) is 4. The zero-order valence-electron chi connectivity index (χ0n) is 26.6. The molecule has 0 N–H and O–H groups in total. The number of nitrogens with zero attached hydrogens (tertiary/aromatic N) is 4. The lowest BCUT2D eigenvalue weighted by Crippen LogP contribution is -2.49. The Hall–Kier alpha value is -4.87. The van der Waals surface area contributed by atoms with Crippen molar-refractivity contribution in [3.05, 3.63) is 121 Å². The molecule has 4 aliphatic carbocycles. The van der Waals surface area contributed by atoms with Gasteiger partial charge < -0.3 is 4.57 Å². The Kier molecular flexibility index (Phi) is 5.69. The number of aromatic nitrogens is 4. The van der Waals surface area contributed by atoms with Gasteiger partial charge in [0, 0.05) is 53.2 Å². The van der Waals surface area contributed by atoms with Crippen LogP contribution in [0.2, 0.25) is 0 Å². The number of hydrogen-bond donors (Lipinski definition) is 0. The summed E-state index contributed by atoms with van der Waals surface area (Å²) in [5.74, 6) is 5.10. The minimum Gasteiger partial charge on any atom is -0.309 e. The summed E-state index contributed by atoms with van der Waals surface area (Å²) in [5, 5.41) is 5.22. The Morgan fingerprint density at radius 1 is 0.542 bits per heavy atom. The maximum atomic E-state index is 5.35. The first-order chi connectivity index (χ1) is 23.7. The second-order valence-corrected chi connectivity index (χ2v) is 15.8. The van der Waals surface area contributed by atoms with Crippen molar-refractivity contribution < 1.29 is 0 Å². The van der Waals surface area contributed by atoms with Gasteiger partial charge in [0.25, 0.3) is 0 Å². The van der Waals surface area contributed by atoms with E-state index < -0.39 is 0 Å². The van der Waals surface area contributed by atoms with E-state index in [1.807, 2.05) is 11.3 Å². The van der Waals surface area contributed by atoms with Gasteiger partial charge in [-0.1, -0.05) is 72.8 Å². The average molecular weight is 639 g/mol. The summed E-state index contributed by atoms with van der Waals surface area (Å²) in [4.78, 5) is 15.8. The Bertz CT molecular complexity index is 2510. The molecule has 0 amide bonds. The first-order valence-corrected chi connectivity index (χ1v) is 18.3. The molecule has 232 valence electrons. The van der Waals surface area contributed by atoms with Gasteiger partial charge in [-0.2, -0.15) is 0 Å². The van der Waals surface area contributed by atoms with E-state index >= 15 is 0 Å². The highest BCUT2D eigenvalue weighted by Gasteiger charge is 2.53. The summed E-state index contributed by atoms with van der Waals surface area (Å²) < 4.78 is 5.10. The van der Waals surface area contributed by atoms with E-state index in [0.717, 1.165) is 52.0 Å². The Morgan fingerprint density at radius 2 is 1.17 bits per heavy atom. The maximum Gasteiger partial charge on any atom is 0.163 e. The molecule has 4 bridgehead atoms. The van der Waals surface area contributed by atoms with Crippen molar-refractivity contribution in [2.24, 2.45) is 17.8 Å². The molecule has 0 atom stereocenters. The van der Waals surface area contributed by atoms with Crippen LogP contribution in [0.4, 0.5) is 0 Å². The monoisotopic (exact) mass is 638 g/mol. The topological polar surface area (TPSA) is 43.6 Å². The number of thiophene rings is 1. The largest absolute Gasteiger partial charge is 0.309 e.